The average Bonchev–Trinajstić information content (AvgIpc) is 3.19. The van der Waals surface area contributed by atoms with E-state index in [0.717, 1.165) is 35.3 Å². The Morgan fingerprint density at radius 1 is 0.966 bits per heavy atom. The summed E-state index contributed by atoms with van der Waals surface area (Å²) in [6.45, 7) is 0.911. The first kappa shape index (κ1) is 19.3. The number of carbonyl (C=O) groups excluding carboxylic acids is 1. The molecule has 1 aliphatic rings. The van der Waals surface area contributed by atoms with E-state index in [1.807, 2.05) is 42.5 Å². The molecule has 0 radical (unpaired) electrons. The van der Waals surface area contributed by atoms with Crippen LogP contribution in [-0.2, 0) is 21.4 Å². The number of nitrogens with zero attached hydrogens (tertiary/aromatic N) is 2. The quantitative estimate of drug-likeness (QED) is 0.680. The Morgan fingerprint density at radius 3 is 2.41 bits per heavy atom. The Labute approximate surface area is 170 Å². The van der Waals surface area contributed by atoms with Crippen molar-refractivity contribution in [2.24, 2.45) is 0 Å². The van der Waals surface area contributed by atoms with Crippen molar-refractivity contribution >= 4 is 21.6 Å². The fourth-order valence-electron chi connectivity index (χ4n) is 3.36. The van der Waals surface area contributed by atoms with Crippen molar-refractivity contribution in [1.82, 2.24) is 9.71 Å². The van der Waals surface area contributed by atoms with E-state index in [2.05, 4.69) is 9.71 Å². The Bertz CT molecular complexity index is 1110. The van der Waals surface area contributed by atoms with Crippen molar-refractivity contribution in [3.8, 4) is 11.1 Å². The van der Waals surface area contributed by atoms with E-state index in [9.17, 15) is 13.2 Å². The molecule has 1 N–H and O–H groups in total. The molecule has 0 atom stereocenters. The van der Waals surface area contributed by atoms with Gasteiger partial charge in [-0.3, -0.25) is 9.78 Å². The molecule has 29 heavy (non-hydrogen) atoms. The van der Waals surface area contributed by atoms with Gasteiger partial charge >= 0.3 is 0 Å². The summed E-state index contributed by atoms with van der Waals surface area (Å²) in [4.78, 5) is 17.8. The van der Waals surface area contributed by atoms with Crippen molar-refractivity contribution in [1.29, 1.82) is 0 Å². The standard InChI is InChI=1S/C22H21N3O3S/c26-22-5-2-14-25(22)20-8-6-17(7-9-20)16-24-29(27,28)21-4-1-3-19(15-21)18-10-12-23-13-11-18/h1,3-4,6-13,15,24H,2,5,14,16H2. The lowest BCUT2D eigenvalue weighted by Crippen LogP contribution is -2.24. The molecule has 7 heteroatoms. The van der Waals surface area contributed by atoms with E-state index in [1.54, 1.807) is 35.5 Å². The Kier molecular flexibility index (Phi) is 5.42. The van der Waals surface area contributed by atoms with Gasteiger partial charge in [0.1, 0.15) is 0 Å². The zero-order valence-corrected chi connectivity index (χ0v) is 16.6. The van der Waals surface area contributed by atoms with Crippen molar-refractivity contribution in [2.45, 2.75) is 24.3 Å². The number of anilines is 1. The van der Waals surface area contributed by atoms with E-state index in [-0.39, 0.29) is 17.3 Å². The smallest absolute Gasteiger partial charge is 0.240 e. The molecule has 1 fully saturated rings. The molecule has 3 aromatic rings. The summed E-state index contributed by atoms with van der Waals surface area (Å²) < 4.78 is 28.1. The molecule has 1 saturated heterocycles. The minimum Gasteiger partial charge on any atom is -0.312 e. The van der Waals surface area contributed by atoms with Gasteiger partial charge in [-0.1, -0.05) is 24.3 Å². The number of hydrogen-bond acceptors (Lipinski definition) is 4. The molecular weight excluding hydrogens is 386 g/mol. The van der Waals surface area contributed by atoms with Gasteiger partial charge in [0, 0.05) is 37.6 Å². The third-order valence-corrected chi connectivity index (χ3v) is 6.34. The van der Waals surface area contributed by atoms with Crippen molar-refractivity contribution in [2.75, 3.05) is 11.4 Å². The summed E-state index contributed by atoms with van der Waals surface area (Å²) in [7, 11) is -3.65. The van der Waals surface area contributed by atoms with Gasteiger partial charge in [0.15, 0.2) is 0 Å². The number of hydrogen-bond donors (Lipinski definition) is 1. The predicted octanol–water partition coefficient (Wildman–Crippen LogP) is 3.35. The predicted molar refractivity (Wildman–Crippen MR) is 112 cm³/mol. The summed E-state index contributed by atoms with van der Waals surface area (Å²) >= 11 is 0. The van der Waals surface area contributed by atoms with Crippen molar-refractivity contribution < 1.29 is 13.2 Å². The first-order chi connectivity index (χ1) is 14.0. The summed E-state index contributed by atoms with van der Waals surface area (Å²) in [6, 6.07) is 17.9. The number of carbonyl (C=O) groups is 1. The number of benzene rings is 2. The number of rotatable bonds is 6. The molecule has 0 spiro atoms. The minimum atomic E-state index is -3.65. The van der Waals surface area contributed by atoms with Crippen LogP contribution in [-0.4, -0.2) is 25.9 Å². The second-order valence-electron chi connectivity index (χ2n) is 6.90. The average molecular weight is 407 g/mol. The third kappa shape index (κ3) is 4.36. The molecular formula is C22H21N3O3S. The van der Waals surface area contributed by atoms with Crippen LogP contribution in [0.3, 0.4) is 0 Å². The molecule has 6 nitrogen and oxygen atoms in total. The number of pyridine rings is 1. The Balaban J connectivity index is 1.46. The largest absolute Gasteiger partial charge is 0.312 e. The first-order valence-electron chi connectivity index (χ1n) is 9.42. The van der Waals surface area contributed by atoms with Gasteiger partial charge in [-0.15, -0.1) is 0 Å². The number of aromatic nitrogens is 1. The second-order valence-corrected chi connectivity index (χ2v) is 8.67. The summed E-state index contributed by atoms with van der Waals surface area (Å²) in [6.07, 6.45) is 4.81. The van der Waals surface area contributed by atoms with Crippen LogP contribution in [0.5, 0.6) is 0 Å². The highest BCUT2D eigenvalue weighted by Gasteiger charge is 2.21. The van der Waals surface area contributed by atoms with Crippen LogP contribution in [0.15, 0.2) is 78.0 Å². The van der Waals surface area contributed by atoms with Crippen LogP contribution in [0.25, 0.3) is 11.1 Å². The van der Waals surface area contributed by atoms with Gasteiger partial charge in [0.2, 0.25) is 15.9 Å². The number of nitrogens with one attached hydrogen (secondary N) is 1. The maximum Gasteiger partial charge on any atom is 0.240 e. The Morgan fingerprint density at radius 2 is 1.72 bits per heavy atom. The van der Waals surface area contributed by atoms with Crippen LogP contribution in [0.1, 0.15) is 18.4 Å². The lowest BCUT2D eigenvalue weighted by atomic mass is 10.1. The van der Waals surface area contributed by atoms with E-state index < -0.39 is 10.0 Å². The molecule has 1 aliphatic heterocycles. The van der Waals surface area contributed by atoms with Crippen LogP contribution < -0.4 is 9.62 Å². The lowest BCUT2D eigenvalue weighted by molar-refractivity contribution is -0.117. The number of sulfonamides is 1. The maximum absolute atomic E-state index is 12.7. The lowest BCUT2D eigenvalue weighted by Gasteiger charge is -2.16. The molecule has 148 valence electrons. The van der Waals surface area contributed by atoms with E-state index in [0.29, 0.717) is 6.42 Å². The Hall–Kier alpha value is -3.03. The van der Waals surface area contributed by atoms with Gasteiger partial charge in [0.05, 0.1) is 4.90 Å². The second kappa shape index (κ2) is 8.14. The molecule has 2 heterocycles. The number of amides is 1. The van der Waals surface area contributed by atoms with Gasteiger partial charge in [-0.25, -0.2) is 13.1 Å². The summed E-state index contributed by atoms with van der Waals surface area (Å²) in [5.74, 6) is 0.132. The highest BCUT2D eigenvalue weighted by atomic mass is 32.2. The molecule has 4 rings (SSSR count). The van der Waals surface area contributed by atoms with Crippen LogP contribution >= 0.6 is 0 Å². The maximum atomic E-state index is 12.7. The molecule has 0 saturated carbocycles. The van der Waals surface area contributed by atoms with Crippen molar-refractivity contribution in [3.63, 3.8) is 0 Å². The zero-order chi connectivity index (χ0) is 20.3. The molecule has 2 aromatic carbocycles. The van der Waals surface area contributed by atoms with Gasteiger partial charge < -0.3 is 4.90 Å². The fraction of sp³-hybridized carbons (Fsp3) is 0.182. The van der Waals surface area contributed by atoms with E-state index in [4.69, 9.17) is 0 Å². The topological polar surface area (TPSA) is 79.4 Å². The minimum absolute atomic E-state index is 0.132. The molecule has 0 bridgehead atoms. The monoisotopic (exact) mass is 407 g/mol. The highest BCUT2D eigenvalue weighted by molar-refractivity contribution is 7.89. The van der Waals surface area contributed by atoms with Crippen LogP contribution in [0, 0.1) is 0 Å². The van der Waals surface area contributed by atoms with Crippen molar-refractivity contribution in [3.05, 3.63) is 78.6 Å². The van der Waals surface area contributed by atoms with Crippen LogP contribution in [0.4, 0.5) is 5.69 Å². The molecule has 1 aromatic heterocycles. The first-order valence-corrected chi connectivity index (χ1v) is 10.9. The van der Waals surface area contributed by atoms with Gasteiger partial charge in [0.25, 0.3) is 0 Å². The van der Waals surface area contributed by atoms with Crippen LogP contribution in [0.2, 0.25) is 0 Å². The summed E-state index contributed by atoms with van der Waals surface area (Å²) in [5, 5.41) is 0. The normalized spacial score (nSPS) is 14.3. The van der Waals surface area contributed by atoms with E-state index in [1.165, 1.54) is 0 Å². The fourth-order valence-corrected chi connectivity index (χ4v) is 4.43. The van der Waals surface area contributed by atoms with E-state index >= 15 is 0 Å². The summed E-state index contributed by atoms with van der Waals surface area (Å²) in [5.41, 5.74) is 3.40. The van der Waals surface area contributed by atoms with Gasteiger partial charge in [-0.2, -0.15) is 0 Å². The highest BCUT2D eigenvalue weighted by Crippen LogP contribution is 2.23. The van der Waals surface area contributed by atoms with Gasteiger partial charge in [-0.05, 0) is 59.5 Å². The molecule has 1 amide bonds. The zero-order valence-electron chi connectivity index (χ0n) is 15.8. The molecule has 0 unspecified atom stereocenters. The molecule has 0 aliphatic carbocycles. The SMILES string of the molecule is O=C1CCCN1c1ccc(CNS(=O)(=O)c2cccc(-c3ccncc3)c2)cc1. The third-order valence-electron chi connectivity index (χ3n) is 4.95.